The molecule has 1 N–H and O–H groups in total. The van der Waals surface area contributed by atoms with Crippen LogP contribution in [0.25, 0.3) is 0 Å². The fraction of sp³-hybridized carbons (Fsp3) is 0.368. The Kier molecular flexibility index (Phi) is 5.21. The van der Waals surface area contributed by atoms with Crippen LogP contribution in [-0.2, 0) is 6.42 Å². The molecule has 4 heteroatoms. The summed E-state index contributed by atoms with van der Waals surface area (Å²) in [5.74, 6) is 0.961. The molecule has 2 aromatic rings. The first-order valence-corrected chi connectivity index (χ1v) is 8.40. The zero-order valence-electron chi connectivity index (χ0n) is 13.7. The summed E-state index contributed by atoms with van der Waals surface area (Å²) in [5.41, 5.74) is 3.95. The maximum absolute atomic E-state index is 6.00. The normalized spacial score (nSPS) is 17.1. The number of halogens is 1. The summed E-state index contributed by atoms with van der Waals surface area (Å²) in [6, 6.07) is 14.8. The van der Waals surface area contributed by atoms with E-state index in [1.54, 1.807) is 0 Å². The molecule has 0 saturated carbocycles. The molecule has 1 atom stereocenters. The van der Waals surface area contributed by atoms with Gasteiger partial charge in [0.2, 0.25) is 0 Å². The quantitative estimate of drug-likeness (QED) is 0.908. The Morgan fingerprint density at radius 1 is 1.17 bits per heavy atom. The minimum atomic E-state index is 0.229. The number of ether oxygens (including phenoxy) is 1. The van der Waals surface area contributed by atoms with E-state index in [9.17, 15) is 0 Å². The SMILES string of the molecule is CN(C)CCOc1ccc2c(c1)CCNC2c1ccc(Cl)cc1. The van der Waals surface area contributed by atoms with Crippen molar-refractivity contribution in [3.05, 3.63) is 64.2 Å². The van der Waals surface area contributed by atoms with Gasteiger partial charge in [-0.1, -0.05) is 29.8 Å². The molecular formula is C19H23ClN2O. The second-order valence-corrected chi connectivity index (χ2v) is 6.64. The van der Waals surface area contributed by atoms with E-state index in [1.807, 2.05) is 12.1 Å². The van der Waals surface area contributed by atoms with Crippen molar-refractivity contribution in [2.24, 2.45) is 0 Å². The monoisotopic (exact) mass is 330 g/mol. The molecule has 122 valence electrons. The van der Waals surface area contributed by atoms with Crippen molar-refractivity contribution in [2.75, 3.05) is 33.8 Å². The lowest BCUT2D eigenvalue weighted by molar-refractivity contribution is 0.261. The minimum absolute atomic E-state index is 0.229. The zero-order valence-corrected chi connectivity index (χ0v) is 14.4. The highest BCUT2D eigenvalue weighted by Crippen LogP contribution is 2.31. The molecule has 0 aromatic heterocycles. The Bertz CT molecular complexity index is 655. The molecule has 1 aliphatic heterocycles. The first-order chi connectivity index (χ1) is 11.1. The van der Waals surface area contributed by atoms with Crippen LogP contribution in [0.15, 0.2) is 42.5 Å². The largest absolute Gasteiger partial charge is 0.492 e. The molecule has 3 nitrogen and oxygen atoms in total. The molecule has 0 aliphatic carbocycles. The van der Waals surface area contributed by atoms with Gasteiger partial charge in [0.15, 0.2) is 0 Å². The van der Waals surface area contributed by atoms with Crippen molar-refractivity contribution in [3.63, 3.8) is 0 Å². The number of rotatable bonds is 5. The highest BCUT2D eigenvalue weighted by molar-refractivity contribution is 6.30. The van der Waals surface area contributed by atoms with Gasteiger partial charge in [0, 0.05) is 18.1 Å². The van der Waals surface area contributed by atoms with E-state index in [1.165, 1.54) is 16.7 Å². The van der Waals surface area contributed by atoms with Crippen LogP contribution in [0.1, 0.15) is 22.7 Å². The summed E-state index contributed by atoms with van der Waals surface area (Å²) in [4.78, 5) is 2.12. The van der Waals surface area contributed by atoms with Crippen LogP contribution in [0, 0.1) is 0 Å². The highest BCUT2D eigenvalue weighted by atomic mass is 35.5. The van der Waals surface area contributed by atoms with Crippen molar-refractivity contribution in [2.45, 2.75) is 12.5 Å². The molecular weight excluding hydrogens is 308 g/mol. The van der Waals surface area contributed by atoms with E-state index < -0.39 is 0 Å². The summed E-state index contributed by atoms with van der Waals surface area (Å²) in [6.07, 6.45) is 1.03. The minimum Gasteiger partial charge on any atom is -0.492 e. The Morgan fingerprint density at radius 3 is 2.70 bits per heavy atom. The third-order valence-electron chi connectivity index (χ3n) is 4.18. The predicted molar refractivity (Wildman–Crippen MR) is 95.5 cm³/mol. The van der Waals surface area contributed by atoms with Gasteiger partial charge in [0.05, 0.1) is 6.04 Å². The van der Waals surface area contributed by atoms with E-state index in [4.69, 9.17) is 16.3 Å². The van der Waals surface area contributed by atoms with E-state index in [0.717, 1.165) is 30.3 Å². The van der Waals surface area contributed by atoms with Crippen LogP contribution in [0.2, 0.25) is 5.02 Å². The van der Waals surface area contributed by atoms with E-state index >= 15 is 0 Å². The number of nitrogens with zero attached hydrogens (tertiary/aromatic N) is 1. The van der Waals surface area contributed by atoms with Gasteiger partial charge >= 0.3 is 0 Å². The van der Waals surface area contributed by atoms with Gasteiger partial charge in [-0.15, -0.1) is 0 Å². The third kappa shape index (κ3) is 4.05. The van der Waals surface area contributed by atoms with Gasteiger partial charge in [0.1, 0.15) is 12.4 Å². The number of benzene rings is 2. The number of likely N-dealkylation sites (N-methyl/N-ethyl adjacent to an activating group) is 1. The van der Waals surface area contributed by atoms with E-state index in [2.05, 4.69) is 54.6 Å². The molecule has 1 heterocycles. The molecule has 1 unspecified atom stereocenters. The van der Waals surface area contributed by atoms with Gasteiger partial charge in [-0.05, 0) is 61.5 Å². The molecule has 0 amide bonds. The molecule has 0 saturated heterocycles. The smallest absolute Gasteiger partial charge is 0.119 e. The highest BCUT2D eigenvalue weighted by Gasteiger charge is 2.21. The fourth-order valence-corrected chi connectivity index (χ4v) is 3.06. The Hall–Kier alpha value is -1.55. The first kappa shape index (κ1) is 16.3. The van der Waals surface area contributed by atoms with Crippen molar-refractivity contribution >= 4 is 11.6 Å². The van der Waals surface area contributed by atoms with Crippen molar-refractivity contribution < 1.29 is 4.74 Å². The Balaban J connectivity index is 1.78. The summed E-state index contributed by atoms with van der Waals surface area (Å²) >= 11 is 6.00. The standard InChI is InChI=1S/C19H23ClN2O/c1-22(2)11-12-23-17-7-8-18-15(13-17)9-10-21-19(18)14-3-5-16(20)6-4-14/h3-8,13,19,21H,9-12H2,1-2H3. The van der Waals surface area contributed by atoms with Crippen LogP contribution in [-0.4, -0.2) is 38.7 Å². The number of nitrogens with one attached hydrogen (secondary N) is 1. The van der Waals surface area contributed by atoms with Crippen molar-refractivity contribution in [1.82, 2.24) is 10.2 Å². The van der Waals surface area contributed by atoms with Crippen LogP contribution in [0.5, 0.6) is 5.75 Å². The van der Waals surface area contributed by atoms with Crippen LogP contribution in [0.3, 0.4) is 0 Å². The molecule has 3 rings (SSSR count). The van der Waals surface area contributed by atoms with Gasteiger partial charge in [-0.25, -0.2) is 0 Å². The van der Waals surface area contributed by atoms with Crippen molar-refractivity contribution in [1.29, 1.82) is 0 Å². The van der Waals surface area contributed by atoms with E-state index in [0.29, 0.717) is 6.61 Å². The average molecular weight is 331 g/mol. The Labute approximate surface area is 143 Å². The molecule has 0 fully saturated rings. The topological polar surface area (TPSA) is 24.5 Å². The average Bonchev–Trinajstić information content (AvgIpc) is 2.54. The first-order valence-electron chi connectivity index (χ1n) is 8.02. The van der Waals surface area contributed by atoms with Crippen LogP contribution in [0.4, 0.5) is 0 Å². The van der Waals surface area contributed by atoms with E-state index in [-0.39, 0.29) is 6.04 Å². The molecule has 0 spiro atoms. The molecule has 0 radical (unpaired) electrons. The van der Waals surface area contributed by atoms with Gasteiger partial charge in [0.25, 0.3) is 0 Å². The van der Waals surface area contributed by atoms with Crippen LogP contribution < -0.4 is 10.1 Å². The lowest BCUT2D eigenvalue weighted by Gasteiger charge is -2.28. The molecule has 0 bridgehead atoms. The predicted octanol–water partition coefficient (Wildman–Crippen LogP) is 3.52. The summed E-state index contributed by atoms with van der Waals surface area (Å²) in [7, 11) is 4.11. The summed E-state index contributed by atoms with van der Waals surface area (Å²) in [6.45, 7) is 2.61. The maximum atomic E-state index is 6.00. The summed E-state index contributed by atoms with van der Waals surface area (Å²) in [5, 5.41) is 4.37. The maximum Gasteiger partial charge on any atom is 0.119 e. The Morgan fingerprint density at radius 2 is 1.96 bits per heavy atom. The number of hydrogen-bond acceptors (Lipinski definition) is 3. The zero-order chi connectivity index (χ0) is 16.2. The van der Waals surface area contributed by atoms with Crippen molar-refractivity contribution in [3.8, 4) is 5.75 Å². The fourth-order valence-electron chi connectivity index (χ4n) is 2.93. The second kappa shape index (κ2) is 7.35. The molecule has 23 heavy (non-hydrogen) atoms. The lowest BCUT2D eigenvalue weighted by Crippen LogP contribution is -2.30. The third-order valence-corrected chi connectivity index (χ3v) is 4.43. The van der Waals surface area contributed by atoms with Gasteiger partial charge < -0.3 is 15.0 Å². The summed E-state index contributed by atoms with van der Waals surface area (Å²) < 4.78 is 5.86. The second-order valence-electron chi connectivity index (χ2n) is 6.20. The van der Waals surface area contributed by atoms with Gasteiger partial charge in [-0.3, -0.25) is 0 Å². The van der Waals surface area contributed by atoms with Crippen LogP contribution >= 0.6 is 11.6 Å². The van der Waals surface area contributed by atoms with Gasteiger partial charge in [-0.2, -0.15) is 0 Å². The molecule has 2 aromatic carbocycles. The number of hydrogen-bond donors (Lipinski definition) is 1. The number of fused-ring (bicyclic) bond motifs is 1. The molecule has 1 aliphatic rings. The lowest BCUT2D eigenvalue weighted by atomic mass is 9.90.